The van der Waals surface area contributed by atoms with Crippen LogP contribution in [0.15, 0.2) is 35.3 Å². The molecular formula is C12H10BrNO2. The standard InChI is InChI=1S/C12H10BrNO2/c1-2-3-7-14-10-8(11(15)12(14)16)5-4-6-9(10)13/h2,4-6H,1,3,7H2. The number of carbonyl (C=O) groups excluding carboxylic acids is 2. The second-order valence-electron chi connectivity index (χ2n) is 3.50. The van der Waals surface area contributed by atoms with Crippen molar-refractivity contribution in [3.8, 4) is 0 Å². The summed E-state index contributed by atoms with van der Waals surface area (Å²) in [6.45, 7) is 4.10. The zero-order chi connectivity index (χ0) is 11.7. The monoisotopic (exact) mass is 279 g/mol. The lowest BCUT2D eigenvalue weighted by atomic mass is 10.1. The second kappa shape index (κ2) is 4.22. The van der Waals surface area contributed by atoms with Gasteiger partial charge in [0.2, 0.25) is 0 Å². The van der Waals surface area contributed by atoms with Crippen molar-refractivity contribution >= 4 is 33.3 Å². The molecular weight excluding hydrogens is 270 g/mol. The molecule has 0 saturated carbocycles. The zero-order valence-electron chi connectivity index (χ0n) is 8.57. The maximum Gasteiger partial charge on any atom is 0.299 e. The molecule has 0 aromatic heterocycles. The van der Waals surface area contributed by atoms with Crippen molar-refractivity contribution in [3.05, 3.63) is 40.9 Å². The van der Waals surface area contributed by atoms with Crippen molar-refractivity contribution in [2.45, 2.75) is 6.42 Å². The van der Waals surface area contributed by atoms with Crippen molar-refractivity contribution in [1.82, 2.24) is 0 Å². The fourth-order valence-electron chi connectivity index (χ4n) is 1.75. The second-order valence-corrected chi connectivity index (χ2v) is 4.35. The summed E-state index contributed by atoms with van der Waals surface area (Å²) in [6, 6.07) is 5.25. The minimum Gasteiger partial charge on any atom is -0.303 e. The number of carbonyl (C=O) groups is 2. The molecule has 1 aliphatic heterocycles. The molecule has 0 atom stereocenters. The molecule has 16 heavy (non-hydrogen) atoms. The van der Waals surface area contributed by atoms with E-state index in [4.69, 9.17) is 0 Å². The number of Topliss-reactive ketones (excluding diaryl/α,β-unsaturated/α-hetero) is 1. The molecule has 1 aliphatic rings. The summed E-state index contributed by atoms with van der Waals surface area (Å²) in [5, 5.41) is 0. The normalized spacial score (nSPS) is 14.2. The molecule has 0 fully saturated rings. The molecule has 0 bridgehead atoms. The minimum atomic E-state index is -0.455. The highest BCUT2D eigenvalue weighted by atomic mass is 79.9. The largest absolute Gasteiger partial charge is 0.303 e. The van der Waals surface area contributed by atoms with Crippen LogP contribution in [-0.4, -0.2) is 18.2 Å². The van der Waals surface area contributed by atoms with Crippen LogP contribution in [0.2, 0.25) is 0 Å². The van der Waals surface area contributed by atoms with Gasteiger partial charge in [-0.3, -0.25) is 9.59 Å². The van der Waals surface area contributed by atoms with E-state index in [0.29, 0.717) is 24.2 Å². The van der Waals surface area contributed by atoms with E-state index in [1.165, 1.54) is 4.90 Å². The number of ketones is 1. The Kier molecular flexibility index (Phi) is 2.92. The quantitative estimate of drug-likeness (QED) is 0.630. The Balaban J connectivity index is 2.47. The average molecular weight is 280 g/mol. The molecule has 3 nitrogen and oxygen atoms in total. The number of benzene rings is 1. The predicted octanol–water partition coefficient (Wildman–Crippen LogP) is 2.55. The molecule has 82 valence electrons. The lowest BCUT2D eigenvalue weighted by Gasteiger charge is -2.16. The molecule has 0 aliphatic carbocycles. The van der Waals surface area contributed by atoms with Crippen LogP contribution in [0.3, 0.4) is 0 Å². The van der Waals surface area contributed by atoms with Crippen molar-refractivity contribution in [2.75, 3.05) is 11.4 Å². The summed E-state index contributed by atoms with van der Waals surface area (Å²) in [4.78, 5) is 24.9. The van der Waals surface area contributed by atoms with E-state index in [-0.39, 0.29) is 0 Å². The van der Waals surface area contributed by atoms with Crippen LogP contribution >= 0.6 is 15.9 Å². The van der Waals surface area contributed by atoms with E-state index in [0.717, 1.165) is 4.47 Å². The van der Waals surface area contributed by atoms with Gasteiger partial charge in [0.25, 0.3) is 11.7 Å². The number of nitrogens with zero attached hydrogens (tertiary/aromatic N) is 1. The lowest BCUT2D eigenvalue weighted by molar-refractivity contribution is -0.114. The average Bonchev–Trinajstić information content (AvgIpc) is 2.52. The van der Waals surface area contributed by atoms with E-state index in [1.54, 1.807) is 18.2 Å². The Labute approximate surface area is 102 Å². The molecule has 4 heteroatoms. The highest BCUT2D eigenvalue weighted by Gasteiger charge is 2.36. The molecule has 1 amide bonds. The highest BCUT2D eigenvalue weighted by Crippen LogP contribution is 2.35. The Bertz CT molecular complexity index is 482. The first-order valence-electron chi connectivity index (χ1n) is 4.92. The fraction of sp³-hybridized carbons (Fsp3) is 0.167. The highest BCUT2D eigenvalue weighted by molar-refractivity contribution is 9.10. The molecule has 0 N–H and O–H groups in total. The topological polar surface area (TPSA) is 37.4 Å². The molecule has 0 radical (unpaired) electrons. The summed E-state index contributed by atoms with van der Waals surface area (Å²) in [5.74, 6) is -0.885. The number of hydrogen-bond acceptors (Lipinski definition) is 2. The Hall–Kier alpha value is -1.42. The van der Waals surface area contributed by atoms with Crippen LogP contribution in [-0.2, 0) is 4.79 Å². The molecule has 1 heterocycles. The SMILES string of the molecule is C=CCCN1C(=O)C(=O)c2cccc(Br)c21. The summed E-state index contributed by atoms with van der Waals surface area (Å²) >= 11 is 3.36. The molecule has 0 saturated heterocycles. The summed E-state index contributed by atoms with van der Waals surface area (Å²) < 4.78 is 0.772. The fourth-order valence-corrected chi connectivity index (χ4v) is 2.33. The van der Waals surface area contributed by atoms with Gasteiger partial charge in [-0.1, -0.05) is 12.1 Å². The van der Waals surface area contributed by atoms with E-state index in [9.17, 15) is 9.59 Å². The van der Waals surface area contributed by atoms with Crippen molar-refractivity contribution in [3.63, 3.8) is 0 Å². The minimum absolute atomic E-state index is 0.430. The third-order valence-electron chi connectivity index (χ3n) is 2.50. The lowest BCUT2D eigenvalue weighted by Crippen LogP contribution is -2.30. The van der Waals surface area contributed by atoms with Crippen LogP contribution in [0.1, 0.15) is 16.8 Å². The molecule has 1 aromatic rings. The first-order chi connectivity index (χ1) is 7.66. The number of rotatable bonds is 3. The number of amides is 1. The van der Waals surface area contributed by atoms with E-state index in [2.05, 4.69) is 22.5 Å². The van der Waals surface area contributed by atoms with Crippen LogP contribution in [0.4, 0.5) is 5.69 Å². The number of halogens is 1. The van der Waals surface area contributed by atoms with Gasteiger partial charge >= 0.3 is 0 Å². The number of anilines is 1. The van der Waals surface area contributed by atoms with Gasteiger partial charge in [0, 0.05) is 11.0 Å². The maximum atomic E-state index is 11.7. The van der Waals surface area contributed by atoms with E-state index in [1.807, 2.05) is 6.07 Å². The maximum absolute atomic E-state index is 11.7. The first kappa shape index (κ1) is 11.1. The predicted molar refractivity (Wildman–Crippen MR) is 65.6 cm³/mol. The van der Waals surface area contributed by atoms with Gasteiger partial charge in [-0.2, -0.15) is 0 Å². The molecule has 2 rings (SSSR count). The van der Waals surface area contributed by atoms with Gasteiger partial charge < -0.3 is 4.90 Å². The Morgan fingerprint density at radius 2 is 2.12 bits per heavy atom. The van der Waals surface area contributed by atoms with Crippen molar-refractivity contribution in [2.24, 2.45) is 0 Å². The molecule has 0 unspecified atom stereocenters. The number of hydrogen-bond donors (Lipinski definition) is 0. The van der Waals surface area contributed by atoms with Gasteiger partial charge in [-0.25, -0.2) is 0 Å². The number of fused-ring (bicyclic) bond motifs is 1. The van der Waals surface area contributed by atoms with Crippen molar-refractivity contribution < 1.29 is 9.59 Å². The van der Waals surface area contributed by atoms with Gasteiger partial charge in [-0.05, 0) is 34.5 Å². The Morgan fingerprint density at radius 3 is 2.81 bits per heavy atom. The third kappa shape index (κ3) is 1.59. The van der Waals surface area contributed by atoms with Crippen LogP contribution in [0, 0.1) is 0 Å². The van der Waals surface area contributed by atoms with Gasteiger partial charge in [-0.15, -0.1) is 6.58 Å². The van der Waals surface area contributed by atoms with Crippen LogP contribution < -0.4 is 4.90 Å². The number of para-hydroxylation sites is 1. The zero-order valence-corrected chi connectivity index (χ0v) is 10.2. The molecule has 0 spiro atoms. The van der Waals surface area contributed by atoms with Gasteiger partial charge in [0.05, 0.1) is 11.3 Å². The summed E-state index contributed by atoms with van der Waals surface area (Å²) in [6.07, 6.45) is 2.40. The van der Waals surface area contributed by atoms with Crippen LogP contribution in [0.25, 0.3) is 0 Å². The van der Waals surface area contributed by atoms with Gasteiger partial charge in [0.1, 0.15) is 0 Å². The van der Waals surface area contributed by atoms with Crippen LogP contribution in [0.5, 0.6) is 0 Å². The summed E-state index contributed by atoms with van der Waals surface area (Å²) in [5.41, 5.74) is 1.16. The van der Waals surface area contributed by atoms with Crippen molar-refractivity contribution in [1.29, 1.82) is 0 Å². The van der Waals surface area contributed by atoms with Gasteiger partial charge in [0.15, 0.2) is 0 Å². The smallest absolute Gasteiger partial charge is 0.299 e. The van der Waals surface area contributed by atoms with E-state index < -0.39 is 11.7 Å². The third-order valence-corrected chi connectivity index (χ3v) is 3.14. The Morgan fingerprint density at radius 1 is 1.38 bits per heavy atom. The summed E-state index contributed by atoms with van der Waals surface area (Å²) in [7, 11) is 0. The first-order valence-corrected chi connectivity index (χ1v) is 5.71. The molecule has 1 aromatic carbocycles. The van der Waals surface area contributed by atoms with E-state index >= 15 is 0 Å².